The smallest absolute Gasteiger partial charge is 0.322 e. The first kappa shape index (κ1) is 15.2. The number of hydrogen-bond donors (Lipinski definition) is 2. The van der Waals surface area contributed by atoms with Crippen molar-refractivity contribution >= 4 is 11.9 Å². The molecule has 2 atom stereocenters. The van der Waals surface area contributed by atoms with Crippen LogP contribution in [0.15, 0.2) is 30.3 Å². The van der Waals surface area contributed by atoms with Crippen LogP contribution >= 0.6 is 0 Å². The third-order valence-corrected chi connectivity index (χ3v) is 2.87. The highest BCUT2D eigenvalue weighted by molar-refractivity contribution is 5.78. The SMILES string of the molecule is COC(=O)C(CCc1ccccc1)NC(C)C(=O)O. The van der Waals surface area contributed by atoms with Gasteiger partial charge in [-0.05, 0) is 25.3 Å². The van der Waals surface area contributed by atoms with E-state index in [1.165, 1.54) is 14.0 Å². The summed E-state index contributed by atoms with van der Waals surface area (Å²) in [4.78, 5) is 22.4. The van der Waals surface area contributed by atoms with Crippen molar-refractivity contribution in [1.82, 2.24) is 5.32 Å². The summed E-state index contributed by atoms with van der Waals surface area (Å²) in [5.41, 5.74) is 1.10. The van der Waals surface area contributed by atoms with E-state index >= 15 is 0 Å². The van der Waals surface area contributed by atoms with Crippen LogP contribution in [-0.2, 0) is 20.7 Å². The minimum atomic E-state index is -0.992. The van der Waals surface area contributed by atoms with Crippen molar-refractivity contribution in [1.29, 1.82) is 0 Å². The van der Waals surface area contributed by atoms with E-state index < -0.39 is 24.0 Å². The summed E-state index contributed by atoms with van der Waals surface area (Å²) in [6.07, 6.45) is 1.17. The lowest BCUT2D eigenvalue weighted by Gasteiger charge is -2.19. The van der Waals surface area contributed by atoms with Crippen LogP contribution < -0.4 is 5.32 Å². The van der Waals surface area contributed by atoms with Gasteiger partial charge in [0, 0.05) is 0 Å². The lowest BCUT2D eigenvalue weighted by atomic mass is 10.0. The number of carbonyl (C=O) groups is 2. The van der Waals surface area contributed by atoms with Crippen molar-refractivity contribution in [3.63, 3.8) is 0 Å². The fourth-order valence-corrected chi connectivity index (χ4v) is 1.74. The summed E-state index contributed by atoms with van der Waals surface area (Å²) in [6.45, 7) is 1.50. The number of aliphatic carboxylic acids is 1. The van der Waals surface area contributed by atoms with Crippen LogP contribution in [0.1, 0.15) is 18.9 Å². The van der Waals surface area contributed by atoms with Gasteiger partial charge in [0.25, 0.3) is 0 Å². The van der Waals surface area contributed by atoms with E-state index in [0.29, 0.717) is 12.8 Å². The molecule has 0 saturated carbocycles. The number of nitrogens with one attached hydrogen (secondary N) is 1. The molecule has 1 rings (SSSR count). The second kappa shape index (κ2) is 7.53. The number of carbonyl (C=O) groups excluding carboxylic acids is 1. The van der Waals surface area contributed by atoms with E-state index in [1.54, 1.807) is 0 Å². The predicted octanol–water partition coefficient (Wildman–Crippen LogP) is 1.22. The average molecular weight is 265 g/mol. The molecular weight excluding hydrogens is 246 g/mol. The zero-order valence-corrected chi connectivity index (χ0v) is 11.1. The molecule has 0 aromatic heterocycles. The monoisotopic (exact) mass is 265 g/mol. The van der Waals surface area contributed by atoms with Crippen molar-refractivity contribution in [3.8, 4) is 0 Å². The van der Waals surface area contributed by atoms with Crippen molar-refractivity contribution < 1.29 is 19.4 Å². The number of carboxylic acid groups (broad SMARTS) is 1. The van der Waals surface area contributed by atoms with Gasteiger partial charge in [-0.2, -0.15) is 0 Å². The van der Waals surface area contributed by atoms with E-state index in [-0.39, 0.29) is 0 Å². The average Bonchev–Trinajstić information content (AvgIpc) is 2.43. The van der Waals surface area contributed by atoms with Gasteiger partial charge >= 0.3 is 11.9 Å². The van der Waals surface area contributed by atoms with Gasteiger partial charge in [0.1, 0.15) is 12.1 Å². The number of benzene rings is 1. The largest absolute Gasteiger partial charge is 0.480 e. The molecule has 0 amide bonds. The Bertz CT molecular complexity index is 419. The standard InChI is InChI=1S/C14H19NO4/c1-10(13(16)17)15-12(14(18)19-2)9-8-11-6-4-3-5-7-11/h3-7,10,12,15H,8-9H2,1-2H3,(H,16,17). The molecule has 0 radical (unpaired) electrons. The van der Waals surface area contributed by atoms with Crippen LogP contribution in [0.3, 0.4) is 0 Å². The van der Waals surface area contributed by atoms with Crippen LogP contribution in [-0.4, -0.2) is 36.2 Å². The molecule has 104 valence electrons. The molecular formula is C14H19NO4. The summed E-state index contributed by atoms with van der Waals surface area (Å²) < 4.78 is 4.69. The Balaban J connectivity index is 2.60. The highest BCUT2D eigenvalue weighted by Gasteiger charge is 2.23. The second-order valence-electron chi connectivity index (χ2n) is 4.33. The van der Waals surface area contributed by atoms with Gasteiger partial charge in [0.05, 0.1) is 7.11 Å². The Morgan fingerprint density at radius 2 is 1.95 bits per heavy atom. The third-order valence-electron chi connectivity index (χ3n) is 2.87. The molecule has 0 heterocycles. The van der Waals surface area contributed by atoms with E-state index in [4.69, 9.17) is 5.11 Å². The summed E-state index contributed by atoms with van der Waals surface area (Å²) in [5.74, 6) is -1.43. The molecule has 0 saturated heterocycles. The van der Waals surface area contributed by atoms with E-state index in [0.717, 1.165) is 5.56 Å². The molecule has 0 aliphatic heterocycles. The minimum absolute atomic E-state index is 0.441. The topological polar surface area (TPSA) is 75.6 Å². The van der Waals surface area contributed by atoms with Gasteiger partial charge in [0.15, 0.2) is 0 Å². The Hall–Kier alpha value is -1.88. The van der Waals surface area contributed by atoms with Gasteiger partial charge in [-0.1, -0.05) is 30.3 Å². The maximum atomic E-state index is 11.6. The molecule has 0 aliphatic rings. The number of aryl methyl sites for hydroxylation is 1. The first-order chi connectivity index (χ1) is 9.04. The number of methoxy groups -OCH3 is 1. The fraction of sp³-hybridized carbons (Fsp3) is 0.429. The van der Waals surface area contributed by atoms with E-state index in [9.17, 15) is 9.59 Å². The molecule has 0 spiro atoms. The number of rotatable bonds is 7. The van der Waals surface area contributed by atoms with Gasteiger partial charge in [-0.3, -0.25) is 14.9 Å². The van der Waals surface area contributed by atoms with Crippen molar-refractivity contribution in [2.75, 3.05) is 7.11 Å². The Labute approximate surface area is 112 Å². The fourth-order valence-electron chi connectivity index (χ4n) is 1.74. The highest BCUT2D eigenvalue weighted by Crippen LogP contribution is 2.07. The first-order valence-electron chi connectivity index (χ1n) is 6.15. The predicted molar refractivity (Wildman–Crippen MR) is 70.8 cm³/mol. The molecule has 1 aromatic rings. The zero-order chi connectivity index (χ0) is 14.3. The first-order valence-corrected chi connectivity index (χ1v) is 6.15. The lowest BCUT2D eigenvalue weighted by Crippen LogP contribution is -2.46. The van der Waals surface area contributed by atoms with Crippen LogP contribution in [0.25, 0.3) is 0 Å². The van der Waals surface area contributed by atoms with Gasteiger partial charge in [0.2, 0.25) is 0 Å². The summed E-state index contributed by atoms with van der Waals surface area (Å²) in [7, 11) is 1.30. The minimum Gasteiger partial charge on any atom is -0.480 e. The van der Waals surface area contributed by atoms with Crippen molar-refractivity contribution in [2.45, 2.75) is 31.8 Å². The Kier molecular flexibility index (Phi) is 6.02. The molecule has 5 heteroatoms. The normalized spacial score (nSPS) is 13.6. The molecule has 0 aliphatic carbocycles. The molecule has 19 heavy (non-hydrogen) atoms. The zero-order valence-electron chi connectivity index (χ0n) is 11.1. The number of esters is 1. The molecule has 2 unspecified atom stereocenters. The van der Waals surface area contributed by atoms with Crippen LogP contribution in [0.5, 0.6) is 0 Å². The van der Waals surface area contributed by atoms with E-state index in [1.807, 2.05) is 30.3 Å². The Morgan fingerprint density at radius 1 is 1.32 bits per heavy atom. The molecule has 0 fully saturated rings. The number of hydrogen-bond acceptors (Lipinski definition) is 4. The van der Waals surface area contributed by atoms with Gasteiger partial charge in [-0.25, -0.2) is 0 Å². The maximum absolute atomic E-state index is 11.6. The van der Waals surface area contributed by atoms with Gasteiger partial charge < -0.3 is 9.84 Å². The molecule has 2 N–H and O–H groups in total. The Morgan fingerprint density at radius 3 is 2.47 bits per heavy atom. The summed E-state index contributed by atoms with van der Waals surface area (Å²) >= 11 is 0. The van der Waals surface area contributed by atoms with Crippen LogP contribution in [0, 0.1) is 0 Å². The van der Waals surface area contributed by atoms with E-state index in [2.05, 4.69) is 10.1 Å². The highest BCUT2D eigenvalue weighted by atomic mass is 16.5. The quantitative estimate of drug-likeness (QED) is 0.725. The van der Waals surface area contributed by atoms with Crippen molar-refractivity contribution in [3.05, 3.63) is 35.9 Å². The maximum Gasteiger partial charge on any atom is 0.322 e. The summed E-state index contributed by atoms with van der Waals surface area (Å²) in [6, 6.07) is 8.30. The van der Waals surface area contributed by atoms with Gasteiger partial charge in [-0.15, -0.1) is 0 Å². The third kappa shape index (κ3) is 5.09. The van der Waals surface area contributed by atoms with Crippen molar-refractivity contribution in [2.24, 2.45) is 0 Å². The molecule has 0 bridgehead atoms. The number of carboxylic acids is 1. The molecule has 1 aromatic carbocycles. The summed E-state index contributed by atoms with van der Waals surface area (Å²) in [5, 5.41) is 11.6. The number of ether oxygens (including phenoxy) is 1. The van der Waals surface area contributed by atoms with Crippen LogP contribution in [0.4, 0.5) is 0 Å². The second-order valence-corrected chi connectivity index (χ2v) is 4.33. The van der Waals surface area contributed by atoms with Crippen LogP contribution in [0.2, 0.25) is 0 Å². The molecule has 5 nitrogen and oxygen atoms in total. The lowest BCUT2D eigenvalue weighted by molar-refractivity contribution is -0.144.